The van der Waals surface area contributed by atoms with Crippen molar-refractivity contribution in [3.05, 3.63) is 24.4 Å². The summed E-state index contributed by atoms with van der Waals surface area (Å²) in [6.45, 7) is 0.468. The van der Waals surface area contributed by atoms with E-state index in [-0.39, 0.29) is 10.8 Å². The summed E-state index contributed by atoms with van der Waals surface area (Å²) >= 11 is 0. The highest BCUT2D eigenvalue weighted by molar-refractivity contribution is 7.89. The second-order valence-corrected chi connectivity index (χ2v) is 5.85. The van der Waals surface area contributed by atoms with Crippen molar-refractivity contribution in [1.29, 1.82) is 0 Å². The summed E-state index contributed by atoms with van der Waals surface area (Å²) in [5.41, 5.74) is 0.320. The average Bonchev–Trinajstić information content (AvgIpc) is 2.75. The Morgan fingerprint density at radius 1 is 1.33 bits per heavy atom. The fourth-order valence-electron chi connectivity index (χ4n) is 1.76. The molecule has 2 aromatic heterocycles. The molecule has 2 N–H and O–H groups in total. The number of sulfonamides is 1. The number of imidazole rings is 1. The third kappa shape index (κ3) is 3.45. The molecule has 0 unspecified atom stereocenters. The smallest absolute Gasteiger partial charge is 0.368 e. The van der Waals surface area contributed by atoms with Crippen molar-refractivity contribution in [3.63, 3.8) is 0 Å². The molecule has 21 heavy (non-hydrogen) atoms. The summed E-state index contributed by atoms with van der Waals surface area (Å²) in [5.74, 6) is 0.0124. The molecule has 0 aliphatic rings. The van der Waals surface area contributed by atoms with Gasteiger partial charge in [-0.25, -0.2) is 18.1 Å². The zero-order valence-corrected chi connectivity index (χ0v) is 11.8. The predicted molar refractivity (Wildman–Crippen MR) is 70.6 cm³/mol. The molecule has 0 fully saturated rings. The minimum absolute atomic E-state index is 0.0124. The maximum Gasteiger partial charge on any atom is 0.402 e. The first-order valence-electron chi connectivity index (χ1n) is 6.02. The molecule has 2 heterocycles. The zero-order valence-electron chi connectivity index (χ0n) is 11.0. The summed E-state index contributed by atoms with van der Waals surface area (Å²) < 4.78 is 63.7. The standard InChI is InChI=1S/C11H13F3N4O2S/c1-2-15-9-10(18-6-4-3-5-8(18)17-9)21(19,20)16-7-11(12,13)14/h3-6,15-16H,2,7H2,1H3. The fourth-order valence-corrected chi connectivity index (χ4v) is 3.03. The van der Waals surface area contributed by atoms with E-state index < -0.39 is 22.7 Å². The number of fused-ring (bicyclic) bond motifs is 1. The van der Waals surface area contributed by atoms with Gasteiger partial charge in [-0.3, -0.25) is 4.40 Å². The number of alkyl halides is 3. The van der Waals surface area contributed by atoms with Crippen LogP contribution in [0.25, 0.3) is 5.65 Å². The van der Waals surface area contributed by atoms with Crippen molar-refractivity contribution in [1.82, 2.24) is 14.1 Å². The Labute approximate surface area is 119 Å². The first-order valence-corrected chi connectivity index (χ1v) is 7.50. The van der Waals surface area contributed by atoms with Gasteiger partial charge in [0.1, 0.15) is 12.2 Å². The Morgan fingerprint density at radius 3 is 2.67 bits per heavy atom. The number of aromatic nitrogens is 2. The number of anilines is 1. The van der Waals surface area contributed by atoms with E-state index in [9.17, 15) is 21.6 Å². The molecule has 0 saturated heterocycles. The van der Waals surface area contributed by atoms with Crippen LogP contribution in [0.3, 0.4) is 0 Å². The Hall–Kier alpha value is -1.81. The van der Waals surface area contributed by atoms with Crippen LogP contribution < -0.4 is 10.0 Å². The molecule has 10 heteroatoms. The second kappa shape index (κ2) is 5.53. The van der Waals surface area contributed by atoms with Crippen molar-refractivity contribution < 1.29 is 21.6 Å². The lowest BCUT2D eigenvalue weighted by molar-refractivity contribution is -0.121. The van der Waals surface area contributed by atoms with E-state index in [1.165, 1.54) is 15.3 Å². The summed E-state index contributed by atoms with van der Waals surface area (Å²) in [6, 6.07) is 4.77. The van der Waals surface area contributed by atoms with Crippen LogP contribution in [-0.2, 0) is 10.0 Å². The fraction of sp³-hybridized carbons (Fsp3) is 0.364. The van der Waals surface area contributed by atoms with Gasteiger partial charge in [0, 0.05) is 12.7 Å². The molecule has 0 amide bonds. The van der Waals surface area contributed by atoms with Gasteiger partial charge in [0.05, 0.1) is 0 Å². The van der Waals surface area contributed by atoms with E-state index in [2.05, 4.69) is 10.3 Å². The van der Waals surface area contributed by atoms with Crippen LogP contribution in [0.1, 0.15) is 6.92 Å². The highest BCUT2D eigenvalue weighted by Crippen LogP contribution is 2.23. The molecule has 116 valence electrons. The molecule has 0 aromatic carbocycles. The number of pyridine rings is 1. The second-order valence-electron chi connectivity index (χ2n) is 4.16. The van der Waals surface area contributed by atoms with Crippen LogP contribution in [0.2, 0.25) is 0 Å². The maximum absolute atomic E-state index is 12.2. The summed E-state index contributed by atoms with van der Waals surface area (Å²) in [5, 5.41) is 2.39. The summed E-state index contributed by atoms with van der Waals surface area (Å²) in [4.78, 5) is 4.06. The van der Waals surface area contributed by atoms with Crippen LogP contribution in [0.5, 0.6) is 0 Å². The van der Waals surface area contributed by atoms with Gasteiger partial charge in [-0.1, -0.05) is 6.07 Å². The molecule has 0 spiro atoms. The number of hydrogen-bond donors (Lipinski definition) is 2. The number of rotatable bonds is 5. The topological polar surface area (TPSA) is 75.5 Å². The Kier molecular flexibility index (Phi) is 4.10. The Morgan fingerprint density at radius 2 is 2.05 bits per heavy atom. The average molecular weight is 322 g/mol. The molecule has 2 aromatic rings. The number of nitrogens with one attached hydrogen (secondary N) is 2. The minimum Gasteiger partial charge on any atom is -0.368 e. The lowest BCUT2D eigenvalue weighted by Gasteiger charge is -2.10. The maximum atomic E-state index is 12.2. The normalized spacial score (nSPS) is 12.8. The van der Waals surface area contributed by atoms with Crippen LogP contribution in [0, 0.1) is 0 Å². The van der Waals surface area contributed by atoms with Crippen LogP contribution in [-0.4, -0.2) is 37.1 Å². The van der Waals surface area contributed by atoms with Crippen molar-refractivity contribution in [3.8, 4) is 0 Å². The van der Waals surface area contributed by atoms with Crippen molar-refractivity contribution in [2.45, 2.75) is 18.1 Å². The van der Waals surface area contributed by atoms with E-state index in [4.69, 9.17) is 0 Å². The Balaban J connectivity index is 2.50. The molecule has 6 nitrogen and oxygen atoms in total. The molecule has 0 radical (unpaired) electrons. The van der Waals surface area contributed by atoms with E-state index in [1.54, 1.807) is 25.1 Å². The van der Waals surface area contributed by atoms with Crippen molar-refractivity contribution in [2.75, 3.05) is 18.4 Å². The molecule has 2 rings (SSSR count). The van der Waals surface area contributed by atoms with Gasteiger partial charge in [-0.2, -0.15) is 13.2 Å². The van der Waals surface area contributed by atoms with Crippen LogP contribution in [0.15, 0.2) is 29.4 Å². The van der Waals surface area contributed by atoms with Crippen molar-refractivity contribution >= 4 is 21.5 Å². The number of halogens is 3. The number of nitrogens with zero attached hydrogens (tertiary/aromatic N) is 2. The third-order valence-corrected chi connectivity index (χ3v) is 3.97. The molecule has 0 aliphatic heterocycles. The Bertz CT molecular complexity index is 739. The molecular formula is C11H13F3N4O2S. The highest BCUT2D eigenvalue weighted by Gasteiger charge is 2.32. The van der Waals surface area contributed by atoms with Gasteiger partial charge in [0.15, 0.2) is 10.8 Å². The van der Waals surface area contributed by atoms with E-state index in [0.717, 1.165) is 0 Å². The van der Waals surface area contributed by atoms with E-state index in [1.807, 2.05) is 0 Å². The lowest BCUT2D eigenvalue weighted by atomic mass is 10.5. The van der Waals surface area contributed by atoms with Crippen LogP contribution >= 0.6 is 0 Å². The zero-order chi connectivity index (χ0) is 15.7. The first-order chi connectivity index (χ1) is 9.74. The van der Waals surface area contributed by atoms with Gasteiger partial charge in [0.25, 0.3) is 10.0 Å². The van der Waals surface area contributed by atoms with Crippen molar-refractivity contribution in [2.24, 2.45) is 0 Å². The molecular weight excluding hydrogens is 309 g/mol. The van der Waals surface area contributed by atoms with Crippen LogP contribution in [0.4, 0.5) is 19.0 Å². The molecule has 0 aliphatic carbocycles. The van der Waals surface area contributed by atoms with Gasteiger partial charge in [-0.05, 0) is 19.1 Å². The quantitative estimate of drug-likeness (QED) is 0.877. The van der Waals surface area contributed by atoms with Gasteiger partial charge < -0.3 is 5.32 Å². The molecule has 0 bridgehead atoms. The lowest BCUT2D eigenvalue weighted by Crippen LogP contribution is -2.34. The first kappa shape index (κ1) is 15.6. The largest absolute Gasteiger partial charge is 0.402 e. The van der Waals surface area contributed by atoms with Gasteiger partial charge in [-0.15, -0.1) is 0 Å². The SMILES string of the molecule is CCNc1nc2ccccn2c1S(=O)(=O)NCC(F)(F)F. The summed E-state index contributed by atoms with van der Waals surface area (Å²) in [7, 11) is -4.36. The van der Waals surface area contributed by atoms with Gasteiger partial charge in [0.2, 0.25) is 0 Å². The predicted octanol–water partition coefficient (Wildman–Crippen LogP) is 1.61. The van der Waals surface area contributed by atoms with E-state index in [0.29, 0.717) is 12.2 Å². The van der Waals surface area contributed by atoms with Gasteiger partial charge >= 0.3 is 6.18 Å². The number of hydrogen-bond acceptors (Lipinski definition) is 4. The molecule has 0 saturated carbocycles. The third-order valence-electron chi connectivity index (χ3n) is 2.55. The monoisotopic (exact) mass is 322 g/mol. The minimum atomic E-state index is -4.63. The summed E-state index contributed by atoms with van der Waals surface area (Å²) in [6.07, 6.45) is -3.21. The molecule has 0 atom stereocenters. The van der Waals surface area contributed by atoms with E-state index >= 15 is 0 Å². The highest BCUT2D eigenvalue weighted by atomic mass is 32.2.